The van der Waals surface area contributed by atoms with Crippen molar-refractivity contribution in [2.75, 3.05) is 13.2 Å². The first-order valence-corrected chi connectivity index (χ1v) is 26.2. The Kier molecular flexibility index (Phi) is 19.1. The van der Waals surface area contributed by atoms with Crippen LogP contribution in [-0.4, -0.2) is 35.0 Å². The summed E-state index contributed by atoms with van der Waals surface area (Å²) in [5.41, 5.74) is 18.8. The van der Waals surface area contributed by atoms with E-state index in [1.165, 1.54) is 64.5 Å². The molecule has 0 fully saturated rings. The van der Waals surface area contributed by atoms with Gasteiger partial charge in [0, 0.05) is 11.1 Å². The van der Waals surface area contributed by atoms with E-state index in [2.05, 4.69) is 194 Å². The van der Waals surface area contributed by atoms with Crippen LogP contribution in [0.15, 0.2) is 255 Å². The van der Waals surface area contributed by atoms with E-state index < -0.39 is 52.7 Å². The maximum atomic E-state index is 10.9. The van der Waals surface area contributed by atoms with Crippen LogP contribution in [0.25, 0.3) is 44.1 Å². The summed E-state index contributed by atoms with van der Waals surface area (Å²) >= 11 is 0. The third kappa shape index (κ3) is 12.7. The van der Waals surface area contributed by atoms with E-state index in [-0.39, 0.29) is 19.5 Å². The Balaban J connectivity index is 0.000000243. The Labute approximate surface area is 431 Å². The summed E-state index contributed by atoms with van der Waals surface area (Å²) in [5.74, 6) is -0.942. The van der Waals surface area contributed by atoms with Crippen molar-refractivity contribution in [3.63, 3.8) is 0 Å². The zero-order chi connectivity index (χ0) is 48.7. The summed E-state index contributed by atoms with van der Waals surface area (Å²) in [5, 5.41) is 30.6. The molecule has 0 radical (unpaired) electrons. The molecule has 9 heteroatoms. The molecule has 0 heterocycles. The fourth-order valence-electron chi connectivity index (χ4n) is 8.72. The predicted molar refractivity (Wildman–Crippen MR) is 298 cm³/mol. The van der Waals surface area contributed by atoms with Crippen LogP contribution in [0.5, 0.6) is 0 Å². The second-order valence-electron chi connectivity index (χ2n) is 16.6. The zero-order valence-electron chi connectivity index (χ0n) is 38.9. The van der Waals surface area contributed by atoms with Gasteiger partial charge in [0.25, 0.3) is 0 Å². The third-order valence-electron chi connectivity index (χ3n) is 12.1. The van der Waals surface area contributed by atoms with Crippen molar-refractivity contribution in [1.29, 1.82) is 0 Å². The van der Waals surface area contributed by atoms with Gasteiger partial charge in [0.1, 0.15) is 56.6 Å². The molecule has 0 aromatic heterocycles. The fourth-order valence-corrected chi connectivity index (χ4v) is 14.3. The molecule has 0 spiro atoms. The first kappa shape index (κ1) is 52.2. The van der Waals surface area contributed by atoms with E-state index in [4.69, 9.17) is 21.7 Å². The molecular formula is C62H54N2O4P2Ru+2. The van der Waals surface area contributed by atoms with Crippen LogP contribution < -0.4 is 31.8 Å². The molecule has 4 N–H and O–H groups in total. The van der Waals surface area contributed by atoms with Crippen LogP contribution in [0.1, 0.15) is 23.2 Å². The van der Waals surface area contributed by atoms with Gasteiger partial charge in [-0.2, -0.15) is 0 Å². The number of Topliss-reactive ketones (excluding diaryl/α,β-unsaturated/α-hetero) is 2. The number of fused-ring (bicyclic) bond motifs is 2. The number of hydrogen-bond donors (Lipinski definition) is 2. The Morgan fingerprint density at radius 2 is 0.606 bits per heavy atom. The summed E-state index contributed by atoms with van der Waals surface area (Å²) in [6, 6.07) is 87.8. The van der Waals surface area contributed by atoms with Gasteiger partial charge in [-0.05, 0) is 94.3 Å². The quantitative estimate of drug-likeness (QED) is 0.0882. The summed E-state index contributed by atoms with van der Waals surface area (Å²) in [4.78, 5) is 21.7. The summed E-state index contributed by atoms with van der Waals surface area (Å²) in [7, 11) is -2.74. The van der Waals surface area contributed by atoms with Gasteiger partial charge >= 0.3 is 19.5 Å². The minimum absolute atomic E-state index is 0. The van der Waals surface area contributed by atoms with Gasteiger partial charge in [0.15, 0.2) is 0 Å². The van der Waals surface area contributed by atoms with Crippen molar-refractivity contribution in [1.82, 2.24) is 0 Å². The van der Waals surface area contributed by atoms with E-state index in [0.717, 1.165) is 0 Å². The number of ketones is 2. The second kappa shape index (κ2) is 26.0. The first-order valence-electron chi connectivity index (χ1n) is 23.2. The molecule has 0 aliphatic rings. The Morgan fingerprint density at radius 3 is 0.887 bits per heavy atom. The Hall–Kier alpha value is -6.62. The van der Waals surface area contributed by atoms with Gasteiger partial charge in [-0.15, -0.1) is 0 Å². The van der Waals surface area contributed by atoms with Gasteiger partial charge in [0.2, 0.25) is 0 Å². The van der Waals surface area contributed by atoms with Crippen LogP contribution in [0.3, 0.4) is 0 Å². The topological polar surface area (TPSA) is 122 Å². The Bertz CT molecular complexity index is 2960. The second-order valence-corrected chi connectivity index (χ2v) is 21.5. The average molecular weight is 1050 g/mol. The number of aliphatic hydroxyl groups excluding tert-OH is 2. The summed E-state index contributed by atoms with van der Waals surface area (Å²) in [6.45, 7) is -1.13. The molecule has 10 rings (SSSR count). The summed E-state index contributed by atoms with van der Waals surface area (Å²) in [6.07, 6.45) is 0. The third-order valence-corrected chi connectivity index (χ3v) is 17.7. The molecule has 0 saturated carbocycles. The maximum Gasteiger partial charge on any atom is 2.00 e. The van der Waals surface area contributed by atoms with Crippen molar-refractivity contribution in [2.45, 2.75) is 12.1 Å². The number of rotatable bonds is 13. The van der Waals surface area contributed by atoms with Gasteiger partial charge in [-0.1, -0.05) is 205 Å². The maximum absolute atomic E-state index is 10.9. The molecule has 71 heavy (non-hydrogen) atoms. The summed E-state index contributed by atoms with van der Waals surface area (Å²) < 4.78 is 0. The molecule has 0 unspecified atom stereocenters. The zero-order valence-corrected chi connectivity index (χ0v) is 42.6. The van der Waals surface area contributed by atoms with Crippen molar-refractivity contribution >= 4 is 80.8 Å². The smallest absolute Gasteiger partial charge is 0.664 e. The molecule has 10 aromatic carbocycles. The molecule has 0 bridgehead atoms. The van der Waals surface area contributed by atoms with E-state index in [0.29, 0.717) is 11.1 Å². The van der Waals surface area contributed by atoms with Crippen molar-refractivity contribution in [3.05, 3.63) is 277 Å². The number of hydrogen-bond acceptors (Lipinski definition) is 4. The average Bonchev–Trinajstić information content (AvgIpc) is 3.44. The van der Waals surface area contributed by atoms with Gasteiger partial charge < -0.3 is 21.7 Å². The van der Waals surface area contributed by atoms with Crippen LogP contribution in [0.4, 0.5) is 0 Å². The fraction of sp³-hybridized carbons (Fsp3) is 0.0645. The van der Waals surface area contributed by atoms with E-state index in [1.54, 1.807) is 48.5 Å². The molecule has 0 aliphatic carbocycles. The molecule has 352 valence electrons. The van der Waals surface area contributed by atoms with Crippen LogP contribution in [0, 0.1) is 0 Å². The van der Waals surface area contributed by atoms with Crippen molar-refractivity contribution in [2.24, 2.45) is 0 Å². The molecule has 0 aliphatic heterocycles. The minimum Gasteiger partial charge on any atom is -0.664 e. The molecule has 2 atom stereocenters. The number of aliphatic hydroxyl groups is 2. The SMILES string of the molecule is [NH-][C@H](C(=O)CO)c1ccccc1.[NH-][C@H](C(=O)CO)c1ccccc1.[Ru+2].c1ccc([PH+](c2ccccc2)c2ccc3ccccc3c2-c2c([PH+](c3ccccc3)c3ccccc3)ccc3ccccc23)cc1. The van der Waals surface area contributed by atoms with E-state index in [1.807, 2.05) is 12.1 Å². The molecule has 0 saturated heterocycles. The normalized spacial score (nSPS) is 11.6. The van der Waals surface area contributed by atoms with Crippen LogP contribution in [0.2, 0.25) is 0 Å². The standard InChI is InChI=1S/C44H32P2.2C9H10NO2.Ru/c1-5-19-35(20-6-1)45(36-21-7-2-8-22-36)41-31-29-33-17-13-15-27-39(33)43(41)44-40-28-16-14-18-34(40)30-32-42(44)46(37-23-9-3-10-24-37)38-25-11-4-12-26-38;2*10-9(8(12)6-11)7-4-2-1-3-5-7;/h1-32H;2*1-5,9-11H,6H2;/q;2*-1;+2/p+2/t;2*9-;/m.00./s1. The van der Waals surface area contributed by atoms with Crippen LogP contribution >= 0.6 is 15.8 Å². The van der Waals surface area contributed by atoms with Gasteiger partial charge in [0.05, 0.1) is 15.8 Å². The van der Waals surface area contributed by atoms with Gasteiger partial charge in [-0.25, -0.2) is 0 Å². The van der Waals surface area contributed by atoms with E-state index in [9.17, 15) is 9.59 Å². The first-order chi connectivity index (χ1) is 34.4. The number of nitrogens with one attached hydrogen (secondary N) is 2. The largest absolute Gasteiger partial charge is 2.00 e. The molecule has 10 aromatic rings. The number of carbonyl (C=O) groups excluding carboxylic acids is 2. The molecule has 6 nitrogen and oxygen atoms in total. The molecular weight excluding hydrogens is 1000 g/mol. The monoisotopic (exact) mass is 1050 g/mol. The van der Waals surface area contributed by atoms with E-state index >= 15 is 0 Å². The molecule has 0 amide bonds. The van der Waals surface area contributed by atoms with Crippen LogP contribution in [-0.2, 0) is 29.1 Å². The number of carbonyl (C=O) groups is 2. The number of benzene rings is 10. The predicted octanol–water partition coefficient (Wildman–Crippen LogP) is 11.3. The van der Waals surface area contributed by atoms with Crippen molar-refractivity contribution < 1.29 is 39.3 Å². The van der Waals surface area contributed by atoms with Crippen molar-refractivity contribution in [3.8, 4) is 11.1 Å². The Morgan fingerprint density at radius 1 is 0.352 bits per heavy atom. The minimum atomic E-state index is -1.37. The van der Waals surface area contributed by atoms with Gasteiger partial charge in [-0.3, -0.25) is 9.59 Å².